The summed E-state index contributed by atoms with van der Waals surface area (Å²) in [5.74, 6) is -2.37. The zero-order valence-corrected chi connectivity index (χ0v) is 18.1. The van der Waals surface area contributed by atoms with Gasteiger partial charge >= 0.3 is 12.1 Å². The summed E-state index contributed by atoms with van der Waals surface area (Å²) >= 11 is 2.37. The van der Waals surface area contributed by atoms with E-state index in [1.165, 1.54) is 36.4 Å². The van der Waals surface area contributed by atoms with Gasteiger partial charge in [-0.1, -0.05) is 11.2 Å². The van der Waals surface area contributed by atoms with Crippen LogP contribution in [0, 0.1) is 0 Å². The fourth-order valence-electron chi connectivity index (χ4n) is 2.99. The highest BCUT2D eigenvalue weighted by atomic mass is 32.2. The lowest BCUT2D eigenvalue weighted by atomic mass is 10.0. The number of thioether (sulfide) groups is 1. The number of aliphatic carboxylic acids is 1. The largest absolute Gasteiger partial charge is 0.477 e. The molecular weight excluding hydrogens is 464 g/mol. The monoisotopic (exact) mass is 482 g/mol. The van der Waals surface area contributed by atoms with E-state index in [1.54, 1.807) is 0 Å². The van der Waals surface area contributed by atoms with Crippen molar-refractivity contribution in [2.24, 2.45) is 10.9 Å². The van der Waals surface area contributed by atoms with Crippen LogP contribution in [0.5, 0.6) is 0 Å². The average Bonchev–Trinajstić information content (AvgIpc) is 3.17. The van der Waals surface area contributed by atoms with Gasteiger partial charge < -0.3 is 31.5 Å². The van der Waals surface area contributed by atoms with Crippen LogP contribution < -0.4 is 16.8 Å². The Morgan fingerprint density at radius 2 is 2.22 bits per heavy atom. The average molecular weight is 483 g/mol. The van der Waals surface area contributed by atoms with Crippen molar-refractivity contribution in [2.75, 3.05) is 25.2 Å². The topological polar surface area (TPSA) is 200 Å². The van der Waals surface area contributed by atoms with Crippen molar-refractivity contribution >= 4 is 57.8 Å². The lowest BCUT2D eigenvalue weighted by molar-refractivity contribution is -0.150. The molecule has 1 saturated heterocycles. The van der Waals surface area contributed by atoms with Crippen LogP contribution in [0.4, 0.5) is 9.93 Å². The number of thiazole rings is 1. The Kier molecular flexibility index (Phi) is 6.99. The minimum Gasteiger partial charge on any atom is -0.477 e. The molecule has 13 nitrogen and oxygen atoms in total. The number of hydrogen-bond donors (Lipinski definition) is 4. The second kappa shape index (κ2) is 9.69. The number of nitrogens with zero attached hydrogens (tertiary/aromatic N) is 3. The quantitative estimate of drug-likeness (QED) is 0.212. The number of carbonyl (C=O) groups is 4. The fraction of sp³-hybridized carbons (Fsp3) is 0.294. The van der Waals surface area contributed by atoms with Gasteiger partial charge in [0, 0.05) is 11.1 Å². The molecule has 1 fully saturated rings. The number of allylic oxidation sites excluding steroid dienone is 1. The number of primary amides is 1. The third-order valence-corrected chi connectivity index (χ3v) is 6.27. The molecule has 3 heterocycles. The number of rotatable bonds is 8. The van der Waals surface area contributed by atoms with Crippen molar-refractivity contribution in [1.82, 2.24) is 15.2 Å². The van der Waals surface area contributed by atoms with Crippen LogP contribution in [-0.2, 0) is 24.0 Å². The first kappa shape index (κ1) is 23.1. The smallest absolute Gasteiger partial charge is 0.404 e. The molecule has 0 bridgehead atoms. The Hall–Kier alpha value is -3.59. The first-order chi connectivity index (χ1) is 15.2. The molecule has 0 saturated carbocycles. The van der Waals surface area contributed by atoms with Gasteiger partial charge in [0.05, 0.1) is 0 Å². The van der Waals surface area contributed by atoms with Crippen molar-refractivity contribution in [1.29, 1.82) is 0 Å². The second-order valence-electron chi connectivity index (χ2n) is 6.27. The molecular formula is C17H18N6O7S2. The van der Waals surface area contributed by atoms with Crippen LogP contribution in [-0.4, -0.2) is 75.5 Å². The summed E-state index contributed by atoms with van der Waals surface area (Å²) in [6.07, 6.45) is 1.90. The molecule has 32 heavy (non-hydrogen) atoms. The Labute approximate surface area is 189 Å². The van der Waals surface area contributed by atoms with E-state index in [0.29, 0.717) is 5.57 Å². The molecule has 0 unspecified atom stereocenters. The summed E-state index contributed by atoms with van der Waals surface area (Å²) in [4.78, 5) is 57.6. The van der Waals surface area contributed by atoms with Gasteiger partial charge in [0.15, 0.2) is 10.8 Å². The van der Waals surface area contributed by atoms with Crippen LogP contribution in [0.25, 0.3) is 0 Å². The van der Waals surface area contributed by atoms with Gasteiger partial charge in [-0.25, -0.2) is 14.6 Å². The maximum Gasteiger partial charge on any atom is 0.404 e. The number of nitrogen functional groups attached to an aromatic ring is 1. The molecule has 0 aromatic carbocycles. The number of carboxylic acids is 1. The summed E-state index contributed by atoms with van der Waals surface area (Å²) in [5, 5.41) is 17.0. The lowest BCUT2D eigenvalue weighted by Crippen LogP contribution is -2.71. The zero-order chi connectivity index (χ0) is 23.4. The maximum absolute atomic E-state index is 12.7. The molecule has 3 rings (SSSR count). The van der Waals surface area contributed by atoms with E-state index in [4.69, 9.17) is 16.3 Å². The van der Waals surface area contributed by atoms with Gasteiger partial charge in [0.25, 0.3) is 11.8 Å². The molecule has 1 aromatic rings. The molecule has 0 spiro atoms. The Morgan fingerprint density at radius 3 is 2.81 bits per heavy atom. The third-order valence-electron chi connectivity index (χ3n) is 4.29. The summed E-state index contributed by atoms with van der Waals surface area (Å²) < 4.78 is 4.57. The number of aromatic nitrogens is 1. The normalized spacial score (nSPS) is 20.6. The van der Waals surface area contributed by atoms with Gasteiger partial charge in [-0.15, -0.1) is 23.1 Å². The maximum atomic E-state index is 12.7. The van der Waals surface area contributed by atoms with Crippen molar-refractivity contribution in [3.05, 3.63) is 34.5 Å². The van der Waals surface area contributed by atoms with E-state index in [9.17, 15) is 24.3 Å². The van der Waals surface area contributed by atoms with Crippen LogP contribution in [0.1, 0.15) is 5.69 Å². The minimum atomic E-state index is -1.30. The van der Waals surface area contributed by atoms with E-state index >= 15 is 0 Å². The van der Waals surface area contributed by atoms with Crippen molar-refractivity contribution in [2.45, 2.75) is 11.4 Å². The van der Waals surface area contributed by atoms with Gasteiger partial charge in [-0.3, -0.25) is 14.5 Å². The SMILES string of the molecule is CO/N=C(\C(=O)N[C@@H]1C(=O)N2C(C(=O)O)=C(/C=C\COC(N)=O)CS[C@H]12)c1csc(N)n1. The minimum absolute atomic E-state index is 0.144. The first-order valence-corrected chi connectivity index (χ1v) is 10.8. The first-order valence-electron chi connectivity index (χ1n) is 8.87. The molecule has 3 amide bonds. The van der Waals surface area contributed by atoms with E-state index < -0.39 is 35.3 Å². The number of anilines is 1. The Balaban J connectivity index is 1.75. The standard InChI is InChI=1S/C17H18N6O7S2/c1-29-22-9(8-6-32-16(18)20-8)12(24)21-10-13(25)23-11(15(26)27)7(5-31-14(10)23)3-2-4-30-17(19)28/h2-3,6,10,14H,4-5H2,1H3,(H2,18,20)(H2,19,28)(H,21,24)(H,26,27)/b3-2-,22-9-/t10-,14-/m1/s1. The summed E-state index contributed by atoms with van der Waals surface area (Å²) in [6, 6.07) is -0.969. The molecule has 1 aromatic heterocycles. The number of amides is 3. The number of oxime groups is 1. The van der Waals surface area contributed by atoms with Gasteiger partial charge in [0.2, 0.25) is 0 Å². The molecule has 170 valence electrons. The number of β-lactam (4-membered cyclic amide) rings is 1. The molecule has 2 aliphatic heterocycles. The zero-order valence-electron chi connectivity index (χ0n) is 16.5. The molecule has 0 aliphatic carbocycles. The lowest BCUT2D eigenvalue weighted by Gasteiger charge is -2.49. The van der Waals surface area contributed by atoms with Crippen LogP contribution in [0.2, 0.25) is 0 Å². The third kappa shape index (κ3) is 4.67. The number of nitrogens with two attached hydrogens (primary N) is 2. The van der Waals surface area contributed by atoms with Gasteiger partial charge in [-0.05, 0) is 11.6 Å². The number of ether oxygens (including phenoxy) is 1. The summed E-state index contributed by atoms with van der Waals surface area (Å²) in [7, 11) is 1.25. The Morgan fingerprint density at radius 1 is 1.47 bits per heavy atom. The Bertz CT molecular complexity index is 1050. The van der Waals surface area contributed by atoms with Gasteiger partial charge in [0.1, 0.15) is 36.5 Å². The summed E-state index contributed by atoms with van der Waals surface area (Å²) in [5.41, 5.74) is 10.6. The number of carboxylic acid groups (broad SMARTS) is 1. The van der Waals surface area contributed by atoms with Crippen LogP contribution in [0.15, 0.2) is 34.0 Å². The highest BCUT2D eigenvalue weighted by Gasteiger charge is 2.54. The predicted molar refractivity (Wildman–Crippen MR) is 114 cm³/mol. The van der Waals surface area contributed by atoms with E-state index in [1.807, 2.05) is 0 Å². The molecule has 2 atom stereocenters. The van der Waals surface area contributed by atoms with Crippen molar-refractivity contribution in [3.8, 4) is 0 Å². The fourth-order valence-corrected chi connectivity index (χ4v) is 4.86. The number of nitrogens with one attached hydrogen (secondary N) is 1. The van der Waals surface area contributed by atoms with E-state index in [-0.39, 0.29) is 34.6 Å². The van der Waals surface area contributed by atoms with Crippen molar-refractivity contribution < 1.29 is 33.9 Å². The summed E-state index contributed by atoms with van der Waals surface area (Å²) in [6.45, 7) is -0.144. The molecule has 15 heteroatoms. The van der Waals surface area contributed by atoms with Crippen molar-refractivity contribution in [3.63, 3.8) is 0 Å². The molecule has 6 N–H and O–H groups in total. The number of carbonyl (C=O) groups excluding carboxylic acids is 3. The molecule has 0 radical (unpaired) electrons. The number of hydrogen-bond acceptors (Lipinski definition) is 11. The van der Waals surface area contributed by atoms with E-state index in [0.717, 1.165) is 16.2 Å². The number of fused-ring (bicyclic) bond motifs is 1. The molecule has 2 aliphatic rings. The van der Waals surface area contributed by atoms with Crippen LogP contribution in [0.3, 0.4) is 0 Å². The van der Waals surface area contributed by atoms with E-state index in [2.05, 4.69) is 20.2 Å². The highest BCUT2D eigenvalue weighted by molar-refractivity contribution is 8.00. The highest BCUT2D eigenvalue weighted by Crippen LogP contribution is 2.40. The van der Waals surface area contributed by atoms with Gasteiger partial charge in [-0.2, -0.15) is 0 Å². The predicted octanol–water partition coefficient (Wildman–Crippen LogP) is -0.534. The second-order valence-corrected chi connectivity index (χ2v) is 8.26. The van der Waals surface area contributed by atoms with Crippen LogP contribution >= 0.6 is 23.1 Å².